The average molecular weight is 313 g/mol. The van der Waals surface area contributed by atoms with E-state index >= 15 is 0 Å². The quantitative estimate of drug-likeness (QED) is 0.798. The van der Waals surface area contributed by atoms with Gasteiger partial charge in [-0.2, -0.15) is 0 Å². The number of likely N-dealkylation sites (N-methyl/N-ethyl adjacent to an activating group) is 1. The minimum absolute atomic E-state index is 0.0802. The number of amides is 1. The summed E-state index contributed by atoms with van der Waals surface area (Å²) in [5.41, 5.74) is 0.635. The van der Waals surface area contributed by atoms with Gasteiger partial charge in [-0.05, 0) is 48.3 Å². The number of hydrogen-bond acceptors (Lipinski definition) is 3. The van der Waals surface area contributed by atoms with Gasteiger partial charge >= 0.3 is 0 Å². The second-order valence-corrected chi connectivity index (χ2v) is 5.92. The first-order valence-electron chi connectivity index (χ1n) is 6.41. The first-order chi connectivity index (χ1) is 8.66. The summed E-state index contributed by atoms with van der Waals surface area (Å²) in [5, 5.41) is 0. The zero-order valence-electron chi connectivity index (χ0n) is 10.4. The van der Waals surface area contributed by atoms with Crippen LogP contribution in [0, 0.1) is 0 Å². The predicted octanol–water partition coefficient (Wildman–Crippen LogP) is 2.35. The Morgan fingerprint density at radius 2 is 2.17 bits per heavy atom. The molecule has 5 heteroatoms. The molecular weight excluding hydrogens is 296 g/mol. The lowest BCUT2D eigenvalue weighted by atomic mass is 10.1. The molecule has 1 amide bonds. The predicted molar refractivity (Wildman–Crippen MR) is 71.5 cm³/mol. The minimum atomic E-state index is 0.0802. The lowest BCUT2D eigenvalue weighted by Crippen LogP contribution is -2.39. The molecule has 0 radical (unpaired) electrons. The van der Waals surface area contributed by atoms with Gasteiger partial charge in [-0.25, -0.2) is 0 Å². The summed E-state index contributed by atoms with van der Waals surface area (Å²) in [6, 6.07) is 2.91. The highest BCUT2D eigenvalue weighted by molar-refractivity contribution is 9.10. The van der Waals surface area contributed by atoms with E-state index in [0.29, 0.717) is 22.3 Å². The molecule has 18 heavy (non-hydrogen) atoms. The first-order valence-corrected chi connectivity index (χ1v) is 7.20. The van der Waals surface area contributed by atoms with Crippen LogP contribution in [0.4, 0.5) is 0 Å². The molecular formula is C13H17BrN2O2. The van der Waals surface area contributed by atoms with E-state index in [4.69, 9.17) is 4.42 Å². The molecule has 1 aromatic rings. The number of carbonyl (C=O) groups is 1. The van der Waals surface area contributed by atoms with Crippen molar-refractivity contribution in [2.45, 2.75) is 31.3 Å². The molecule has 0 N–H and O–H groups in total. The van der Waals surface area contributed by atoms with E-state index in [2.05, 4.69) is 27.9 Å². The Balaban J connectivity index is 1.78. The number of nitrogens with zero attached hydrogens (tertiary/aromatic N) is 2. The monoisotopic (exact) mass is 312 g/mol. The summed E-state index contributed by atoms with van der Waals surface area (Å²) in [6.45, 7) is 1.69. The molecule has 3 rings (SSSR count). The normalized spacial score (nSPS) is 28.4. The standard InChI is InChI=1S/C13H17BrN2O2/c1-15-9-2-3-10(15)8-16(6-4-9)13(17)11-5-7-18-12(11)14/h5,7,9-10H,2-4,6,8H2,1H3. The number of carbonyl (C=O) groups excluding carboxylic acids is 1. The molecule has 98 valence electrons. The molecule has 3 heterocycles. The van der Waals surface area contributed by atoms with Crippen LogP contribution in [0.15, 0.2) is 21.4 Å². The van der Waals surface area contributed by atoms with Crippen molar-refractivity contribution in [3.63, 3.8) is 0 Å². The Labute approximate surface area is 115 Å². The van der Waals surface area contributed by atoms with Gasteiger partial charge in [-0.3, -0.25) is 9.69 Å². The fourth-order valence-electron chi connectivity index (χ4n) is 3.11. The summed E-state index contributed by atoms with van der Waals surface area (Å²) in [7, 11) is 2.18. The van der Waals surface area contributed by atoms with Gasteiger partial charge in [0.2, 0.25) is 0 Å². The summed E-state index contributed by atoms with van der Waals surface area (Å²) in [6.07, 6.45) is 5.11. The molecule has 2 fully saturated rings. The van der Waals surface area contributed by atoms with Crippen LogP contribution in [0.2, 0.25) is 0 Å². The highest BCUT2D eigenvalue weighted by atomic mass is 79.9. The maximum atomic E-state index is 12.4. The van der Waals surface area contributed by atoms with Crippen LogP contribution in [-0.4, -0.2) is 47.9 Å². The zero-order valence-corrected chi connectivity index (χ0v) is 12.0. The average Bonchev–Trinajstić information content (AvgIpc) is 2.84. The lowest BCUT2D eigenvalue weighted by molar-refractivity contribution is 0.0738. The first kappa shape index (κ1) is 12.2. The van der Waals surface area contributed by atoms with Crippen molar-refractivity contribution in [2.75, 3.05) is 20.1 Å². The van der Waals surface area contributed by atoms with E-state index in [9.17, 15) is 4.79 Å². The van der Waals surface area contributed by atoms with Gasteiger partial charge in [0.15, 0.2) is 4.67 Å². The number of furan rings is 1. The van der Waals surface area contributed by atoms with Crippen LogP contribution >= 0.6 is 15.9 Å². The van der Waals surface area contributed by atoms with E-state index in [1.165, 1.54) is 12.8 Å². The third kappa shape index (κ3) is 1.99. The Hall–Kier alpha value is -0.810. The SMILES string of the molecule is CN1C2CCC1CN(C(=O)c1ccoc1Br)CC2. The molecule has 0 aromatic carbocycles. The summed E-state index contributed by atoms with van der Waals surface area (Å²) < 4.78 is 5.69. The topological polar surface area (TPSA) is 36.7 Å². The summed E-state index contributed by atoms with van der Waals surface area (Å²) in [4.78, 5) is 16.8. The number of fused-ring (bicyclic) bond motifs is 2. The Morgan fingerprint density at radius 1 is 1.39 bits per heavy atom. The van der Waals surface area contributed by atoms with Gasteiger partial charge in [-0.15, -0.1) is 0 Å². The van der Waals surface area contributed by atoms with Crippen LogP contribution in [0.3, 0.4) is 0 Å². The van der Waals surface area contributed by atoms with Gasteiger partial charge in [-0.1, -0.05) is 0 Å². The number of likely N-dealkylation sites (tertiary alicyclic amines) is 1. The highest BCUT2D eigenvalue weighted by Gasteiger charge is 2.36. The fraction of sp³-hybridized carbons (Fsp3) is 0.615. The third-order valence-electron chi connectivity index (χ3n) is 4.28. The van der Waals surface area contributed by atoms with Crippen molar-refractivity contribution in [1.29, 1.82) is 0 Å². The molecule has 2 saturated heterocycles. The molecule has 0 spiro atoms. The smallest absolute Gasteiger partial charge is 0.258 e. The molecule has 1 aromatic heterocycles. The molecule has 0 aliphatic carbocycles. The van der Waals surface area contributed by atoms with Crippen molar-refractivity contribution in [3.05, 3.63) is 22.6 Å². The van der Waals surface area contributed by atoms with E-state index < -0.39 is 0 Å². The van der Waals surface area contributed by atoms with Crippen LogP contribution in [-0.2, 0) is 0 Å². The van der Waals surface area contributed by atoms with Gasteiger partial charge in [0, 0.05) is 25.2 Å². The lowest BCUT2D eigenvalue weighted by Gasteiger charge is -2.25. The van der Waals surface area contributed by atoms with Gasteiger partial charge < -0.3 is 9.32 Å². The molecule has 4 nitrogen and oxygen atoms in total. The molecule has 2 aliphatic heterocycles. The van der Waals surface area contributed by atoms with Crippen molar-refractivity contribution >= 4 is 21.8 Å². The maximum absolute atomic E-state index is 12.4. The van der Waals surface area contributed by atoms with Crippen molar-refractivity contribution in [1.82, 2.24) is 9.80 Å². The summed E-state index contributed by atoms with van der Waals surface area (Å²) in [5.74, 6) is 0.0802. The number of halogens is 1. The largest absolute Gasteiger partial charge is 0.457 e. The Bertz CT molecular complexity index is 460. The second-order valence-electron chi connectivity index (χ2n) is 5.20. The fourth-order valence-corrected chi connectivity index (χ4v) is 3.52. The van der Waals surface area contributed by atoms with Crippen molar-refractivity contribution in [3.8, 4) is 0 Å². The summed E-state index contributed by atoms with van der Waals surface area (Å²) >= 11 is 3.28. The Morgan fingerprint density at radius 3 is 2.89 bits per heavy atom. The molecule has 0 saturated carbocycles. The molecule has 2 bridgehead atoms. The highest BCUT2D eigenvalue weighted by Crippen LogP contribution is 2.29. The van der Waals surface area contributed by atoms with Crippen molar-refractivity contribution < 1.29 is 9.21 Å². The second kappa shape index (κ2) is 4.70. The maximum Gasteiger partial charge on any atom is 0.258 e. The molecule has 2 unspecified atom stereocenters. The number of hydrogen-bond donors (Lipinski definition) is 0. The van der Waals surface area contributed by atoms with E-state index in [1.807, 2.05) is 4.90 Å². The minimum Gasteiger partial charge on any atom is -0.457 e. The third-order valence-corrected chi connectivity index (χ3v) is 4.90. The number of rotatable bonds is 1. The van der Waals surface area contributed by atoms with Gasteiger partial charge in [0.05, 0.1) is 11.8 Å². The van der Waals surface area contributed by atoms with Crippen molar-refractivity contribution in [2.24, 2.45) is 0 Å². The van der Waals surface area contributed by atoms with Gasteiger partial charge in [0.1, 0.15) is 0 Å². The van der Waals surface area contributed by atoms with E-state index in [-0.39, 0.29) is 5.91 Å². The van der Waals surface area contributed by atoms with Crippen LogP contribution in [0.25, 0.3) is 0 Å². The molecule has 2 atom stereocenters. The van der Waals surface area contributed by atoms with Crippen LogP contribution in [0.1, 0.15) is 29.6 Å². The Kier molecular flexibility index (Phi) is 3.20. The van der Waals surface area contributed by atoms with Crippen LogP contribution in [0.5, 0.6) is 0 Å². The van der Waals surface area contributed by atoms with Gasteiger partial charge in [0.25, 0.3) is 5.91 Å². The van der Waals surface area contributed by atoms with E-state index in [1.54, 1.807) is 12.3 Å². The molecule has 2 aliphatic rings. The van der Waals surface area contributed by atoms with E-state index in [0.717, 1.165) is 19.5 Å². The van der Waals surface area contributed by atoms with Crippen LogP contribution < -0.4 is 0 Å². The zero-order chi connectivity index (χ0) is 12.7.